The molecule has 0 bridgehead atoms. The van der Waals surface area contributed by atoms with E-state index in [-0.39, 0.29) is 5.54 Å². The molecule has 0 aliphatic heterocycles. The summed E-state index contributed by atoms with van der Waals surface area (Å²) in [4.78, 5) is 10.6. The molecule has 4 N–H and O–H groups in total. The lowest BCUT2D eigenvalue weighted by atomic mass is 10.0. The van der Waals surface area contributed by atoms with E-state index in [2.05, 4.69) is 39.3 Å². The monoisotopic (exact) mass is 266 g/mol. The van der Waals surface area contributed by atoms with Crippen LogP contribution in [0.3, 0.4) is 0 Å². The van der Waals surface area contributed by atoms with E-state index in [4.69, 9.17) is 5.73 Å². The standard InChI is InChI=1S/C13H26N6/c1-13(2,5-6-14)18-12-9-11(16-10-17-12)15-7-8-19(3)4/h9-10H,5-8,14H2,1-4H3,(H2,15,16,17,18). The molecule has 1 rings (SSSR count). The van der Waals surface area contributed by atoms with Gasteiger partial charge < -0.3 is 21.3 Å². The fraction of sp³-hybridized carbons (Fsp3) is 0.692. The maximum atomic E-state index is 5.60. The predicted octanol–water partition coefficient (Wildman–Crippen LogP) is 0.989. The molecule has 0 fully saturated rings. The van der Waals surface area contributed by atoms with Crippen LogP contribution in [0, 0.1) is 0 Å². The number of nitrogens with two attached hydrogens (primary N) is 1. The van der Waals surface area contributed by atoms with Crippen molar-refractivity contribution in [3.8, 4) is 0 Å². The Hall–Kier alpha value is -1.40. The number of hydrogen-bond donors (Lipinski definition) is 3. The Kier molecular flexibility index (Phi) is 5.98. The van der Waals surface area contributed by atoms with Crippen LogP contribution in [0.25, 0.3) is 0 Å². The van der Waals surface area contributed by atoms with Gasteiger partial charge >= 0.3 is 0 Å². The zero-order valence-corrected chi connectivity index (χ0v) is 12.4. The van der Waals surface area contributed by atoms with Crippen molar-refractivity contribution in [1.29, 1.82) is 0 Å². The van der Waals surface area contributed by atoms with Crippen LogP contribution in [0.4, 0.5) is 11.6 Å². The van der Waals surface area contributed by atoms with Crippen LogP contribution in [0.2, 0.25) is 0 Å². The van der Waals surface area contributed by atoms with Crippen molar-refractivity contribution in [3.05, 3.63) is 12.4 Å². The van der Waals surface area contributed by atoms with Gasteiger partial charge in [0.25, 0.3) is 0 Å². The van der Waals surface area contributed by atoms with Gasteiger partial charge in [-0.25, -0.2) is 9.97 Å². The van der Waals surface area contributed by atoms with Crippen molar-refractivity contribution in [3.63, 3.8) is 0 Å². The van der Waals surface area contributed by atoms with Crippen LogP contribution in [0.5, 0.6) is 0 Å². The number of likely N-dealkylation sites (N-methyl/N-ethyl adjacent to an activating group) is 1. The lowest BCUT2D eigenvalue weighted by Crippen LogP contribution is -2.33. The normalized spacial score (nSPS) is 11.7. The molecule has 0 aromatic carbocycles. The second-order valence-corrected chi connectivity index (χ2v) is 5.57. The van der Waals surface area contributed by atoms with E-state index < -0.39 is 0 Å². The first-order valence-corrected chi connectivity index (χ1v) is 6.62. The van der Waals surface area contributed by atoms with E-state index in [0.717, 1.165) is 31.1 Å². The molecule has 0 saturated heterocycles. The number of nitrogens with one attached hydrogen (secondary N) is 2. The SMILES string of the molecule is CN(C)CCNc1cc(NC(C)(C)CCN)ncn1. The van der Waals surface area contributed by atoms with E-state index in [1.807, 2.05) is 20.2 Å². The molecule has 0 aliphatic rings. The highest BCUT2D eigenvalue weighted by Crippen LogP contribution is 2.17. The van der Waals surface area contributed by atoms with E-state index in [9.17, 15) is 0 Å². The van der Waals surface area contributed by atoms with Crippen LogP contribution in [0.15, 0.2) is 12.4 Å². The van der Waals surface area contributed by atoms with Crippen LogP contribution >= 0.6 is 0 Å². The third-order valence-corrected chi connectivity index (χ3v) is 2.77. The van der Waals surface area contributed by atoms with Gasteiger partial charge in [0, 0.05) is 24.7 Å². The zero-order valence-electron chi connectivity index (χ0n) is 12.4. The van der Waals surface area contributed by atoms with Gasteiger partial charge in [-0.2, -0.15) is 0 Å². The summed E-state index contributed by atoms with van der Waals surface area (Å²) >= 11 is 0. The zero-order chi connectivity index (χ0) is 14.3. The summed E-state index contributed by atoms with van der Waals surface area (Å²) in [5.74, 6) is 1.66. The second kappa shape index (κ2) is 7.25. The molecule has 6 heteroatoms. The third-order valence-electron chi connectivity index (χ3n) is 2.77. The number of rotatable bonds is 8. The van der Waals surface area contributed by atoms with Gasteiger partial charge in [-0.1, -0.05) is 0 Å². The van der Waals surface area contributed by atoms with Gasteiger partial charge in [-0.15, -0.1) is 0 Å². The minimum absolute atomic E-state index is 0.0655. The van der Waals surface area contributed by atoms with Crippen LogP contribution in [-0.2, 0) is 0 Å². The number of aromatic nitrogens is 2. The molecule has 1 aromatic heterocycles. The molecular formula is C13H26N6. The van der Waals surface area contributed by atoms with Gasteiger partial charge in [-0.05, 0) is 40.9 Å². The Balaban J connectivity index is 2.56. The Labute approximate surface area is 115 Å². The molecule has 6 nitrogen and oxygen atoms in total. The fourth-order valence-corrected chi connectivity index (χ4v) is 1.70. The van der Waals surface area contributed by atoms with Gasteiger partial charge in [-0.3, -0.25) is 0 Å². The highest BCUT2D eigenvalue weighted by Gasteiger charge is 2.16. The summed E-state index contributed by atoms with van der Waals surface area (Å²) in [6.07, 6.45) is 2.46. The quantitative estimate of drug-likeness (QED) is 0.651. The first-order chi connectivity index (χ1) is 8.93. The number of nitrogens with zero attached hydrogens (tertiary/aromatic N) is 3. The highest BCUT2D eigenvalue weighted by molar-refractivity contribution is 5.47. The molecule has 1 heterocycles. The first kappa shape index (κ1) is 15.7. The number of hydrogen-bond acceptors (Lipinski definition) is 6. The van der Waals surface area contributed by atoms with Crippen molar-refractivity contribution < 1.29 is 0 Å². The van der Waals surface area contributed by atoms with Crippen molar-refractivity contribution in [2.45, 2.75) is 25.8 Å². The highest BCUT2D eigenvalue weighted by atomic mass is 15.1. The van der Waals surface area contributed by atoms with E-state index in [0.29, 0.717) is 6.54 Å². The number of anilines is 2. The Morgan fingerprint density at radius 3 is 2.58 bits per heavy atom. The molecule has 0 spiro atoms. The molecule has 0 amide bonds. The van der Waals surface area contributed by atoms with E-state index in [1.54, 1.807) is 6.33 Å². The molecule has 0 unspecified atom stereocenters. The maximum Gasteiger partial charge on any atom is 0.131 e. The van der Waals surface area contributed by atoms with Crippen molar-refractivity contribution in [2.75, 3.05) is 44.4 Å². The molecule has 0 radical (unpaired) electrons. The Morgan fingerprint density at radius 1 is 1.26 bits per heavy atom. The predicted molar refractivity (Wildman–Crippen MR) is 80.4 cm³/mol. The molecule has 0 saturated carbocycles. The summed E-state index contributed by atoms with van der Waals surface area (Å²) in [5.41, 5.74) is 5.54. The van der Waals surface area contributed by atoms with Crippen LogP contribution in [-0.4, -0.2) is 54.1 Å². The summed E-state index contributed by atoms with van der Waals surface area (Å²) < 4.78 is 0. The molecule has 0 atom stereocenters. The lowest BCUT2D eigenvalue weighted by molar-refractivity contribution is 0.425. The molecule has 0 aliphatic carbocycles. The largest absolute Gasteiger partial charge is 0.369 e. The van der Waals surface area contributed by atoms with Crippen molar-refractivity contribution in [1.82, 2.24) is 14.9 Å². The third kappa shape index (κ3) is 6.35. The molecule has 19 heavy (non-hydrogen) atoms. The molecular weight excluding hydrogens is 240 g/mol. The topological polar surface area (TPSA) is 79.1 Å². The minimum atomic E-state index is -0.0655. The fourth-order valence-electron chi connectivity index (χ4n) is 1.70. The van der Waals surface area contributed by atoms with Crippen LogP contribution < -0.4 is 16.4 Å². The summed E-state index contributed by atoms with van der Waals surface area (Å²) in [7, 11) is 4.09. The van der Waals surface area contributed by atoms with Gasteiger partial charge in [0.05, 0.1) is 0 Å². The summed E-state index contributed by atoms with van der Waals surface area (Å²) in [5, 5.41) is 6.65. The lowest BCUT2D eigenvalue weighted by Gasteiger charge is -2.26. The Bertz CT molecular complexity index is 377. The smallest absolute Gasteiger partial charge is 0.131 e. The second-order valence-electron chi connectivity index (χ2n) is 5.57. The summed E-state index contributed by atoms with van der Waals surface area (Å²) in [6, 6.07) is 1.92. The van der Waals surface area contributed by atoms with Gasteiger partial charge in [0.1, 0.15) is 18.0 Å². The maximum absolute atomic E-state index is 5.60. The average Bonchev–Trinajstić information content (AvgIpc) is 2.28. The van der Waals surface area contributed by atoms with E-state index in [1.165, 1.54) is 0 Å². The van der Waals surface area contributed by atoms with Crippen molar-refractivity contribution >= 4 is 11.6 Å². The summed E-state index contributed by atoms with van der Waals surface area (Å²) in [6.45, 7) is 6.70. The van der Waals surface area contributed by atoms with Crippen molar-refractivity contribution in [2.24, 2.45) is 5.73 Å². The minimum Gasteiger partial charge on any atom is -0.369 e. The van der Waals surface area contributed by atoms with Gasteiger partial charge in [0.2, 0.25) is 0 Å². The van der Waals surface area contributed by atoms with Crippen LogP contribution in [0.1, 0.15) is 20.3 Å². The molecule has 108 valence electrons. The van der Waals surface area contributed by atoms with E-state index >= 15 is 0 Å². The average molecular weight is 266 g/mol. The first-order valence-electron chi connectivity index (χ1n) is 6.62. The Morgan fingerprint density at radius 2 is 1.95 bits per heavy atom. The molecule has 1 aromatic rings. The van der Waals surface area contributed by atoms with Gasteiger partial charge in [0.15, 0.2) is 0 Å².